The van der Waals surface area contributed by atoms with Gasteiger partial charge in [-0.15, -0.1) is 0 Å². The molecule has 0 aliphatic heterocycles. The maximum absolute atomic E-state index is 12.0. The molecule has 1 unspecified atom stereocenters. The summed E-state index contributed by atoms with van der Waals surface area (Å²) in [6.45, 7) is 8.11. The zero-order valence-electron chi connectivity index (χ0n) is 11.8. The van der Waals surface area contributed by atoms with Crippen molar-refractivity contribution >= 4 is 11.9 Å². The van der Waals surface area contributed by atoms with Crippen molar-refractivity contribution in [2.45, 2.75) is 59.4 Å². The standard InChI is InChI=1S/C14H25NO3/c1-9(14(2,3)4)12(16)15-11-7-5-10(6-8-11)13(17)18/h9-11H,5-8H2,1-4H3,(H,15,16)(H,17,18). The van der Waals surface area contributed by atoms with E-state index in [2.05, 4.69) is 26.1 Å². The summed E-state index contributed by atoms with van der Waals surface area (Å²) >= 11 is 0. The third-order valence-corrected chi connectivity index (χ3v) is 4.12. The molecule has 1 saturated carbocycles. The number of rotatable bonds is 3. The maximum Gasteiger partial charge on any atom is 0.306 e. The van der Waals surface area contributed by atoms with E-state index < -0.39 is 5.97 Å². The van der Waals surface area contributed by atoms with Crippen molar-refractivity contribution in [2.75, 3.05) is 0 Å². The molecule has 4 nitrogen and oxygen atoms in total. The quantitative estimate of drug-likeness (QED) is 0.814. The number of hydrogen-bond acceptors (Lipinski definition) is 2. The van der Waals surface area contributed by atoms with Crippen LogP contribution in [-0.4, -0.2) is 23.0 Å². The Morgan fingerprint density at radius 2 is 1.67 bits per heavy atom. The second-order valence-corrected chi connectivity index (χ2v) is 6.48. The number of hydrogen-bond donors (Lipinski definition) is 2. The number of carbonyl (C=O) groups is 2. The van der Waals surface area contributed by atoms with E-state index >= 15 is 0 Å². The van der Waals surface area contributed by atoms with Crippen LogP contribution in [0.2, 0.25) is 0 Å². The molecule has 1 rings (SSSR count). The molecule has 1 fully saturated rings. The minimum absolute atomic E-state index is 0.0327. The lowest BCUT2D eigenvalue weighted by atomic mass is 9.80. The average Bonchev–Trinajstić information content (AvgIpc) is 2.27. The van der Waals surface area contributed by atoms with E-state index in [0.717, 1.165) is 12.8 Å². The molecule has 2 N–H and O–H groups in total. The van der Waals surface area contributed by atoms with E-state index in [1.807, 2.05) is 6.92 Å². The highest BCUT2D eigenvalue weighted by atomic mass is 16.4. The van der Waals surface area contributed by atoms with Crippen LogP contribution >= 0.6 is 0 Å². The molecule has 4 heteroatoms. The van der Waals surface area contributed by atoms with Crippen molar-refractivity contribution in [2.24, 2.45) is 17.3 Å². The van der Waals surface area contributed by atoms with E-state index in [4.69, 9.17) is 5.11 Å². The van der Waals surface area contributed by atoms with Gasteiger partial charge in [0, 0.05) is 12.0 Å². The van der Waals surface area contributed by atoms with Gasteiger partial charge >= 0.3 is 5.97 Å². The molecular formula is C14H25NO3. The first-order valence-corrected chi connectivity index (χ1v) is 6.75. The minimum Gasteiger partial charge on any atom is -0.481 e. The molecule has 0 spiro atoms. The lowest BCUT2D eigenvalue weighted by Crippen LogP contribution is -2.43. The molecular weight excluding hydrogens is 230 g/mol. The predicted molar refractivity (Wildman–Crippen MR) is 70.1 cm³/mol. The molecule has 0 aromatic carbocycles. The van der Waals surface area contributed by atoms with Crippen LogP contribution in [0.1, 0.15) is 53.4 Å². The smallest absolute Gasteiger partial charge is 0.306 e. The van der Waals surface area contributed by atoms with Crippen LogP contribution in [0.5, 0.6) is 0 Å². The summed E-state index contributed by atoms with van der Waals surface area (Å²) < 4.78 is 0. The average molecular weight is 255 g/mol. The summed E-state index contributed by atoms with van der Waals surface area (Å²) in [4.78, 5) is 22.9. The lowest BCUT2D eigenvalue weighted by Gasteiger charge is -2.31. The molecule has 0 heterocycles. The van der Waals surface area contributed by atoms with Gasteiger partial charge in [0.2, 0.25) is 5.91 Å². The van der Waals surface area contributed by atoms with Gasteiger partial charge in [0.25, 0.3) is 0 Å². The van der Waals surface area contributed by atoms with Crippen molar-refractivity contribution in [1.29, 1.82) is 0 Å². The third-order valence-electron chi connectivity index (χ3n) is 4.12. The summed E-state index contributed by atoms with van der Waals surface area (Å²) in [5.74, 6) is -0.878. The number of aliphatic carboxylic acids is 1. The van der Waals surface area contributed by atoms with Crippen molar-refractivity contribution < 1.29 is 14.7 Å². The summed E-state index contributed by atoms with van der Waals surface area (Å²) in [6, 6.07) is 0.151. The molecule has 0 bridgehead atoms. The monoisotopic (exact) mass is 255 g/mol. The van der Waals surface area contributed by atoms with Crippen molar-refractivity contribution in [3.63, 3.8) is 0 Å². The Morgan fingerprint density at radius 3 is 2.06 bits per heavy atom. The van der Waals surface area contributed by atoms with E-state index in [1.165, 1.54) is 0 Å². The highest BCUT2D eigenvalue weighted by Crippen LogP contribution is 2.28. The second kappa shape index (κ2) is 5.72. The summed E-state index contributed by atoms with van der Waals surface area (Å²) in [7, 11) is 0. The fourth-order valence-electron chi connectivity index (χ4n) is 2.20. The van der Waals surface area contributed by atoms with Gasteiger partial charge in [0.05, 0.1) is 5.92 Å². The van der Waals surface area contributed by atoms with E-state index in [1.54, 1.807) is 0 Å². The number of amides is 1. The van der Waals surface area contributed by atoms with E-state index in [-0.39, 0.29) is 29.2 Å². The van der Waals surface area contributed by atoms with Crippen molar-refractivity contribution in [3.8, 4) is 0 Å². The molecule has 18 heavy (non-hydrogen) atoms. The number of carbonyl (C=O) groups excluding carboxylic acids is 1. The van der Waals surface area contributed by atoms with Gasteiger partial charge < -0.3 is 10.4 Å². The zero-order chi connectivity index (χ0) is 13.9. The van der Waals surface area contributed by atoms with Gasteiger partial charge in [0.15, 0.2) is 0 Å². The Bertz CT molecular complexity index is 311. The number of carboxylic acid groups (broad SMARTS) is 1. The Morgan fingerprint density at radius 1 is 1.17 bits per heavy atom. The lowest BCUT2D eigenvalue weighted by molar-refractivity contribution is -0.142. The number of carboxylic acids is 1. The highest BCUT2D eigenvalue weighted by Gasteiger charge is 2.31. The molecule has 104 valence electrons. The summed E-state index contributed by atoms with van der Waals surface area (Å²) in [5.41, 5.74) is -0.0393. The topological polar surface area (TPSA) is 66.4 Å². The second-order valence-electron chi connectivity index (χ2n) is 6.48. The van der Waals surface area contributed by atoms with Crippen LogP contribution in [0, 0.1) is 17.3 Å². The molecule has 1 aliphatic carbocycles. The highest BCUT2D eigenvalue weighted by molar-refractivity contribution is 5.79. The van der Waals surface area contributed by atoms with Crippen LogP contribution in [0.25, 0.3) is 0 Å². The van der Waals surface area contributed by atoms with Gasteiger partial charge in [-0.2, -0.15) is 0 Å². The first kappa shape index (κ1) is 15.0. The van der Waals surface area contributed by atoms with Gasteiger partial charge in [0.1, 0.15) is 0 Å². The largest absolute Gasteiger partial charge is 0.481 e. The Labute approximate surface area is 109 Å². The van der Waals surface area contributed by atoms with Crippen LogP contribution in [0.15, 0.2) is 0 Å². The molecule has 0 radical (unpaired) electrons. The molecule has 0 aromatic heterocycles. The summed E-state index contributed by atoms with van der Waals surface area (Å²) in [6.07, 6.45) is 2.90. The number of nitrogens with one attached hydrogen (secondary N) is 1. The Balaban J connectivity index is 2.42. The SMILES string of the molecule is CC(C(=O)NC1CCC(C(=O)O)CC1)C(C)(C)C. The van der Waals surface area contributed by atoms with Crippen LogP contribution in [-0.2, 0) is 9.59 Å². The molecule has 0 saturated heterocycles. The predicted octanol–water partition coefficient (Wildman–Crippen LogP) is 2.43. The first-order valence-electron chi connectivity index (χ1n) is 6.75. The molecule has 0 aromatic rings. The van der Waals surface area contributed by atoms with Gasteiger partial charge in [-0.25, -0.2) is 0 Å². The van der Waals surface area contributed by atoms with E-state index in [0.29, 0.717) is 12.8 Å². The fraction of sp³-hybridized carbons (Fsp3) is 0.857. The Hall–Kier alpha value is -1.06. The first-order chi connectivity index (χ1) is 8.21. The van der Waals surface area contributed by atoms with Gasteiger partial charge in [-0.05, 0) is 31.1 Å². The molecule has 1 amide bonds. The fourth-order valence-corrected chi connectivity index (χ4v) is 2.20. The van der Waals surface area contributed by atoms with Crippen LogP contribution < -0.4 is 5.32 Å². The van der Waals surface area contributed by atoms with Gasteiger partial charge in [-0.3, -0.25) is 9.59 Å². The van der Waals surface area contributed by atoms with E-state index in [9.17, 15) is 9.59 Å². The van der Waals surface area contributed by atoms with Crippen LogP contribution in [0.4, 0.5) is 0 Å². The van der Waals surface area contributed by atoms with Crippen molar-refractivity contribution in [3.05, 3.63) is 0 Å². The zero-order valence-corrected chi connectivity index (χ0v) is 11.8. The maximum atomic E-state index is 12.0. The molecule has 1 atom stereocenters. The molecule has 1 aliphatic rings. The van der Waals surface area contributed by atoms with Crippen molar-refractivity contribution in [1.82, 2.24) is 5.32 Å². The summed E-state index contributed by atoms with van der Waals surface area (Å²) in [5, 5.41) is 12.0. The Kier molecular flexibility index (Phi) is 4.77. The normalized spacial score (nSPS) is 26.4. The van der Waals surface area contributed by atoms with Gasteiger partial charge in [-0.1, -0.05) is 27.7 Å². The minimum atomic E-state index is -0.706. The van der Waals surface area contributed by atoms with Crippen LogP contribution in [0.3, 0.4) is 0 Å². The third kappa shape index (κ3) is 4.00.